The standard InChI is InChI=1S/C17H20N2S2/c1-12-5-6-13(2)16(10-12)18-17(20)19(14-7-8-14)11-15-4-3-9-21-15/h3-6,9-10,14H,7-8,11H2,1-2H3,(H,18,20). The van der Waals surface area contributed by atoms with Crippen molar-refractivity contribution in [2.24, 2.45) is 0 Å². The van der Waals surface area contributed by atoms with Gasteiger partial charge in [0.2, 0.25) is 0 Å². The second-order valence-electron chi connectivity index (χ2n) is 5.69. The molecule has 0 aliphatic heterocycles. The van der Waals surface area contributed by atoms with E-state index in [1.807, 2.05) is 0 Å². The summed E-state index contributed by atoms with van der Waals surface area (Å²) in [5, 5.41) is 6.42. The number of thiophene rings is 1. The third-order valence-electron chi connectivity index (χ3n) is 3.79. The molecule has 1 fully saturated rings. The average Bonchev–Trinajstić information content (AvgIpc) is 3.16. The van der Waals surface area contributed by atoms with Gasteiger partial charge in [-0.3, -0.25) is 0 Å². The molecular formula is C17H20N2S2. The smallest absolute Gasteiger partial charge is 0.174 e. The maximum atomic E-state index is 5.67. The third-order valence-corrected chi connectivity index (χ3v) is 4.99. The average molecular weight is 316 g/mol. The molecule has 2 nitrogen and oxygen atoms in total. The molecule has 21 heavy (non-hydrogen) atoms. The molecule has 1 aromatic heterocycles. The maximum absolute atomic E-state index is 5.67. The van der Waals surface area contributed by atoms with E-state index in [0.717, 1.165) is 17.3 Å². The van der Waals surface area contributed by atoms with Gasteiger partial charge in [-0.1, -0.05) is 18.2 Å². The Morgan fingerprint density at radius 3 is 2.81 bits per heavy atom. The summed E-state index contributed by atoms with van der Waals surface area (Å²) in [6.45, 7) is 5.14. The lowest BCUT2D eigenvalue weighted by atomic mass is 10.1. The van der Waals surface area contributed by atoms with Crippen molar-refractivity contribution in [1.29, 1.82) is 0 Å². The highest BCUT2D eigenvalue weighted by Gasteiger charge is 2.31. The Bertz CT molecular complexity index is 630. The topological polar surface area (TPSA) is 15.3 Å². The summed E-state index contributed by atoms with van der Waals surface area (Å²) < 4.78 is 0. The number of hydrogen-bond donors (Lipinski definition) is 1. The fraction of sp³-hybridized carbons (Fsp3) is 0.353. The van der Waals surface area contributed by atoms with Crippen LogP contribution in [0.5, 0.6) is 0 Å². The summed E-state index contributed by atoms with van der Waals surface area (Å²) in [7, 11) is 0. The zero-order chi connectivity index (χ0) is 14.8. The molecule has 0 saturated heterocycles. The molecule has 0 spiro atoms. The highest BCUT2D eigenvalue weighted by molar-refractivity contribution is 7.80. The van der Waals surface area contributed by atoms with Crippen molar-refractivity contribution in [3.63, 3.8) is 0 Å². The van der Waals surface area contributed by atoms with Gasteiger partial charge in [0.1, 0.15) is 0 Å². The molecule has 0 atom stereocenters. The van der Waals surface area contributed by atoms with Gasteiger partial charge in [-0.2, -0.15) is 0 Å². The van der Waals surface area contributed by atoms with Crippen molar-refractivity contribution in [2.75, 3.05) is 5.32 Å². The second kappa shape index (κ2) is 6.16. The number of benzene rings is 1. The number of anilines is 1. The van der Waals surface area contributed by atoms with Crippen molar-refractivity contribution in [3.8, 4) is 0 Å². The fourth-order valence-electron chi connectivity index (χ4n) is 2.38. The molecule has 110 valence electrons. The molecule has 1 heterocycles. The SMILES string of the molecule is Cc1ccc(C)c(NC(=S)N(Cc2cccs2)C2CC2)c1. The Labute approximate surface area is 135 Å². The minimum absolute atomic E-state index is 0.609. The van der Waals surface area contributed by atoms with Crippen molar-refractivity contribution in [3.05, 3.63) is 51.7 Å². The van der Waals surface area contributed by atoms with Crippen LogP contribution in [-0.4, -0.2) is 16.1 Å². The minimum Gasteiger partial charge on any atom is -0.341 e. The lowest BCUT2D eigenvalue weighted by molar-refractivity contribution is 0.413. The number of aryl methyl sites for hydroxylation is 2. The van der Waals surface area contributed by atoms with Crippen molar-refractivity contribution >= 4 is 34.4 Å². The first-order valence-corrected chi connectivity index (χ1v) is 8.59. The summed E-state index contributed by atoms with van der Waals surface area (Å²) in [6.07, 6.45) is 2.50. The van der Waals surface area contributed by atoms with E-state index in [4.69, 9.17) is 12.2 Å². The largest absolute Gasteiger partial charge is 0.341 e. The van der Waals surface area contributed by atoms with Crippen LogP contribution in [0, 0.1) is 13.8 Å². The highest BCUT2D eigenvalue weighted by Crippen LogP contribution is 2.30. The van der Waals surface area contributed by atoms with E-state index in [1.54, 1.807) is 11.3 Å². The first-order valence-electron chi connectivity index (χ1n) is 7.31. The van der Waals surface area contributed by atoms with Gasteiger partial charge in [0, 0.05) is 16.6 Å². The van der Waals surface area contributed by atoms with E-state index >= 15 is 0 Å². The van der Waals surface area contributed by atoms with Crippen LogP contribution in [0.1, 0.15) is 28.8 Å². The van der Waals surface area contributed by atoms with Crippen LogP contribution in [0.15, 0.2) is 35.7 Å². The minimum atomic E-state index is 0.609. The highest BCUT2D eigenvalue weighted by atomic mass is 32.1. The van der Waals surface area contributed by atoms with Gasteiger partial charge in [-0.15, -0.1) is 11.3 Å². The zero-order valence-corrected chi connectivity index (χ0v) is 14.1. The number of nitrogens with zero attached hydrogens (tertiary/aromatic N) is 1. The van der Waals surface area contributed by atoms with Gasteiger partial charge < -0.3 is 10.2 Å². The molecule has 0 radical (unpaired) electrons. The van der Waals surface area contributed by atoms with Crippen LogP contribution in [0.2, 0.25) is 0 Å². The van der Waals surface area contributed by atoms with Crippen LogP contribution in [0.25, 0.3) is 0 Å². The molecule has 1 aromatic carbocycles. The van der Waals surface area contributed by atoms with Crippen LogP contribution >= 0.6 is 23.6 Å². The van der Waals surface area contributed by atoms with Gasteiger partial charge in [0.25, 0.3) is 0 Å². The fourth-order valence-corrected chi connectivity index (χ4v) is 3.41. The quantitative estimate of drug-likeness (QED) is 0.821. The summed E-state index contributed by atoms with van der Waals surface area (Å²) in [4.78, 5) is 3.70. The van der Waals surface area contributed by atoms with Gasteiger partial charge in [-0.05, 0) is 67.5 Å². The lowest BCUT2D eigenvalue weighted by Gasteiger charge is -2.26. The lowest BCUT2D eigenvalue weighted by Crippen LogP contribution is -2.36. The van der Waals surface area contributed by atoms with Gasteiger partial charge in [-0.25, -0.2) is 0 Å². The monoisotopic (exact) mass is 316 g/mol. The predicted molar refractivity (Wildman–Crippen MR) is 95.0 cm³/mol. The summed E-state index contributed by atoms with van der Waals surface area (Å²) in [6, 6.07) is 11.3. The Hall–Kier alpha value is -1.39. The molecule has 2 aromatic rings. The summed E-state index contributed by atoms with van der Waals surface area (Å²) in [5.74, 6) is 0. The van der Waals surface area contributed by atoms with E-state index in [0.29, 0.717) is 6.04 Å². The second-order valence-corrected chi connectivity index (χ2v) is 7.11. The van der Waals surface area contributed by atoms with Crippen LogP contribution < -0.4 is 5.32 Å². The van der Waals surface area contributed by atoms with Crippen molar-refractivity contribution in [1.82, 2.24) is 4.90 Å². The van der Waals surface area contributed by atoms with E-state index in [9.17, 15) is 0 Å². The van der Waals surface area contributed by atoms with E-state index in [-0.39, 0.29) is 0 Å². The predicted octanol–water partition coefficient (Wildman–Crippen LogP) is 4.73. The molecule has 1 saturated carbocycles. The van der Waals surface area contributed by atoms with Gasteiger partial charge >= 0.3 is 0 Å². The summed E-state index contributed by atoms with van der Waals surface area (Å²) >= 11 is 7.47. The van der Waals surface area contributed by atoms with Crippen LogP contribution in [-0.2, 0) is 6.54 Å². The van der Waals surface area contributed by atoms with Crippen LogP contribution in [0.3, 0.4) is 0 Å². The Kier molecular flexibility index (Phi) is 4.27. The first kappa shape index (κ1) is 14.5. The van der Waals surface area contributed by atoms with Crippen LogP contribution in [0.4, 0.5) is 5.69 Å². The first-order chi connectivity index (χ1) is 10.1. The molecule has 0 bridgehead atoms. The number of rotatable bonds is 4. The molecular weight excluding hydrogens is 296 g/mol. The van der Waals surface area contributed by atoms with Crippen molar-refractivity contribution in [2.45, 2.75) is 39.3 Å². The summed E-state index contributed by atoms with van der Waals surface area (Å²) in [5.41, 5.74) is 3.61. The van der Waals surface area contributed by atoms with E-state index < -0.39 is 0 Å². The molecule has 0 amide bonds. The number of nitrogens with one attached hydrogen (secondary N) is 1. The Morgan fingerprint density at radius 2 is 2.14 bits per heavy atom. The molecule has 1 N–H and O–H groups in total. The maximum Gasteiger partial charge on any atom is 0.174 e. The number of hydrogen-bond acceptors (Lipinski definition) is 2. The third kappa shape index (κ3) is 3.63. The van der Waals surface area contributed by atoms with Gasteiger partial charge in [0.05, 0.1) is 6.54 Å². The Morgan fingerprint density at radius 1 is 1.33 bits per heavy atom. The molecule has 3 rings (SSSR count). The molecule has 4 heteroatoms. The Balaban J connectivity index is 1.73. The molecule has 1 aliphatic carbocycles. The zero-order valence-electron chi connectivity index (χ0n) is 12.4. The normalized spacial score (nSPS) is 14.0. The van der Waals surface area contributed by atoms with Gasteiger partial charge in [0.15, 0.2) is 5.11 Å². The number of thiocarbonyl (C=S) groups is 1. The van der Waals surface area contributed by atoms with E-state index in [1.165, 1.54) is 28.8 Å². The molecule has 0 unspecified atom stereocenters. The van der Waals surface area contributed by atoms with E-state index in [2.05, 4.69) is 59.8 Å². The van der Waals surface area contributed by atoms with Crippen molar-refractivity contribution < 1.29 is 0 Å². The molecule has 1 aliphatic rings.